The minimum Gasteiger partial charge on any atom is -0.333 e. The fourth-order valence-corrected chi connectivity index (χ4v) is 3.16. The van der Waals surface area contributed by atoms with Crippen molar-refractivity contribution in [2.75, 3.05) is 26.7 Å². The molecule has 17 heavy (non-hydrogen) atoms. The second-order valence-electron chi connectivity index (χ2n) is 5.54. The predicted octanol–water partition coefficient (Wildman–Crippen LogP) is 1.26. The van der Waals surface area contributed by atoms with Gasteiger partial charge in [-0.15, -0.1) is 0 Å². The topological polar surface area (TPSA) is 33.1 Å². The Morgan fingerprint density at radius 1 is 1.47 bits per heavy atom. The number of aromatic nitrogens is 2. The van der Waals surface area contributed by atoms with Gasteiger partial charge in [0.05, 0.1) is 12.0 Å². The standard InChI is InChI=1S/C13H22N4/c1-16-6-4-11(8-16)9-17-10-14-7-13(17)12-3-2-5-15-12/h7,10-12,15H,2-6,8-9H2,1H3/t11?,12-/m0/s1. The Kier molecular flexibility index (Phi) is 3.16. The van der Waals surface area contributed by atoms with E-state index in [1.807, 2.05) is 12.5 Å². The molecule has 0 aromatic carbocycles. The molecular formula is C13H22N4. The lowest BCUT2D eigenvalue weighted by Crippen LogP contribution is -2.21. The molecule has 1 aromatic rings. The Hall–Kier alpha value is -0.870. The van der Waals surface area contributed by atoms with E-state index in [1.54, 1.807) is 0 Å². The number of likely N-dealkylation sites (tertiary alicyclic amines) is 1. The molecule has 94 valence electrons. The van der Waals surface area contributed by atoms with Gasteiger partial charge < -0.3 is 14.8 Å². The summed E-state index contributed by atoms with van der Waals surface area (Å²) in [6.45, 7) is 4.77. The SMILES string of the molecule is CN1CCC(Cn2cncc2[C@@H]2CCCN2)C1. The summed E-state index contributed by atoms with van der Waals surface area (Å²) in [7, 11) is 2.22. The number of hydrogen-bond acceptors (Lipinski definition) is 3. The molecule has 3 heterocycles. The molecule has 0 saturated carbocycles. The molecule has 2 aliphatic heterocycles. The van der Waals surface area contributed by atoms with Crippen molar-refractivity contribution in [3.8, 4) is 0 Å². The molecule has 0 spiro atoms. The maximum Gasteiger partial charge on any atom is 0.0948 e. The van der Waals surface area contributed by atoms with E-state index in [0.29, 0.717) is 6.04 Å². The van der Waals surface area contributed by atoms with Gasteiger partial charge in [-0.05, 0) is 45.3 Å². The largest absolute Gasteiger partial charge is 0.333 e. The maximum atomic E-state index is 4.34. The fraction of sp³-hybridized carbons (Fsp3) is 0.769. The average molecular weight is 234 g/mol. The third kappa shape index (κ3) is 2.38. The van der Waals surface area contributed by atoms with Crippen LogP contribution >= 0.6 is 0 Å². The Bertz CT molecular complexity index is 367. The van der Waals surface area contributed by atoms with Gasteiger partial charge in [-0.2, -0.15) is 0 Å². The van der Waals surface area contributed by atoms with Gasteiger partial charge in [-0.3, -0.25) is 0 Å². The van der Waals surface area contributed by atoms with Gasteiger partial charge in [0, 0.05) is 25.3 Å². The third-order valence-electron chi connectivity index (χ3n) is 4.11. The summed E-state index contributed by atoms with van der Waals surface area (Å²) in [5.41, 5.74) is 1.39. The van der Waals surface area contributed by atoms with E-state index in [4.69, 9.17) is 0 Å². The second-order valence-corrected chi connectivity index (χ2v) is 5.54. The van der Waals surface area contributed by atoms with Crippen LogP contribution in [0.15, 0.2) is 12.5 Å². The van der Waals surface area contributed by atoms with Crippen molar-refractivity contribution in [1.29, 1.82) is 0 Å². The first-order valence-electron chi connectivity index (χ1n) is 6.75. The smallest absolute Gasteiger partial charge is 0.0948 e. The van der Waals surface area contributed by atoms with Gasteiger partial charge in [-0.1, -0.05) is 0 Å². The van der Waals surface area contributed by atoms with Gasteiger partial charge in [-0.25, -0.2) is 4.98 Å². The molecule has 1 N–H and O–H groups in total. The van der Waals surface area contributed by atoms with Gasteiger partial charge in [0.2, 0.25) is 0 Å². The van der Waals surface area contributed by atoms with E-state index in [9.17, 15) is 0 Å². The molecule has 0 radical (unpaired) electrons. The molecule has 2 fully saturated rings. The van der Waals surface area contributed by atoms with Crippen molar-refractivity contribution in [2.24, 2.45) is 5.92 Å². The molecule has 0 amide bonds. The summed E-state index contributed by atoms with van der Waals surface area (Å²) < 4.78 is 2.37. The van der Waals surface area contributed by atoms with Crippen LogP contribution in [0.4, 0.5) is 0 Å². The molecule has 1 unspecified atom stereocenters. The van der Waals surface area contributed by atoms with Gasteiger partial charge in [0.1, 0.15) is 0 Å². The third-order valence-corrected chi connectivity index (χ3v) is 4.11. The molecule has 4 heteroatoms. The Morgan fingerprint density at radius 3 is 3.12 bits per heavy atom. The van der Waals surface area contributed by atoms with Crippen molar-refractivity contribution < 1.29 is 0 Å². The number of nitrogens with one attached hydrogen (secondary N) is 1. The van der Waals surface area contributed by atoms with E-state index in [-0.39, 0.29) is 0 Å². The lowest BCUT2D eigenvalue weighted by Gasteiger charge is -2.17. The molecule has 0 bridgehead atoms. The lowest BCUT2D eigenvalue weighted by molar-refractivity contribution is 0.373. The van der Waals surface area contributed by atoms with Crippen LogP contribution in [0.2, 0.25) is 0 Å². The lowest BCUT2D eigenvalue weighted by atomic mass is 10.1. The highest BCUT2D eigenvalue weighted by Crippen LogP contribution is 2.24. The van der Waals surface area contributed by atoms with Crippen LogP contribution in [0.25, 0.3) is 0 Å². The molecule has 3 rings (SSSR count). The Balaban J connectivity index is 1.68. The minimum atomic E-state index is 0.539. The summed E-state index contributed by atoms with van der Waals surface area (Å²) in [5, 5.41) is 3.56. The number of hydrogen-bond donors (Lipinski definition) is 1. The molecule has 1 aromatic heterocycles. The van der Waals surface area contributed by atoms with Crippen LogP contribution in [-0.2, 0) is 6.54 Å². The van der Waals surface area contributed by atoms with Crippen LogP contribution in [0.3, 0.4) is 0 Å². The van der Waals surface area contributed by atoms with E-state index < -0.39 is 0 Å². The molecule has 2 aliphatic rings. The molecule has 2 saturated heterocycles. The molecule has 0 aliphatic carbocycles. The van der Waals surface area contributed by atoms with E-state index in [2.05, 4.69) is 26.8 Å². The second kappa shape index (κ2) is 4.78. The fourth-order valence-electron chi connectivity index (χ4n) is 3.16. The van der Waals surface area contributed by atoms with Crippen LogP contribution in [-0.4, -0.2) is 41.1 Å². The highest BCUT2D eigenvalue weighted by Gasteiger charge is 2.23. The quantitative estimate of drug-likeness (QED) is 0.854. The highest BCUT2D eigenvalue weighted by atomic mass is 15.1. The van der Waals surface area contributed by atoms with Crippen molar-refractivity contribution in [3.05, 3.63) is 18.2 Å². The van der Waals surface area contributed by atoms with Gasteiger partial charge in [0.25, 0.3) is 0 Å². The first kappa shape index (κ1) is 11.2. The zero-order valence-corrected chi connectivity index (χ0v) is 10.6. The summed E-state index contributed by atoms with van der Waals surface area (Å²) in [6.07, 6.45) is 7.93. The monoisotopic (exact) mass is 234 g/mol. The molecular weight excluding hydrogens is 212 g/mol. The Labute approximate surface area is 103 Å². The minimum absolute atomic E-state index is 0.539. The maximum absolute atomic E-state index is 4.34. The number of rotatable bonds is 3. The van der Waals surface area contributed by atoms with Crippen molar-refractivity contribution in [2.45, 2.75) is 31.8 Å². The first-order valence-corrected chi connectivity index (χ1v) is 6.75. The van der Waals surface area contributed by atoms with Crippen molar-refractivity contribution >= 4 is 0 Å². The summed E-state index contributed by atoms with van der Waals surface area (Å²) in [6, 6.07) is 0.539. The van der Waals surface area contributed by atoms with Crippen LogP contribution in [0.5, 0.6) is 0 Å². The van der Waals surface area contributed by atoms with Gasteiger partial charge in [0.15, 0.2) is 0 Å². The summed E-state index contributed by atoms with van der Waals surface area (Å²) in [5.74, 6) is 0.800. The number of imidazole rings is 1. The van der Waals surface area contributed by atoms with Gasteiger partial charge >= 0.3 is 0 Å². The normalized spacial score (nSPS) is 30.2. The zero-order chi connectivity index (χ0) is 11.7. The number of nitrogens with zero attached hydrogens (tertiary/aromatic N) is 3. The average Bonchev–Trinajstić information content (AvgIpc) is 3.00. The van der Waals surface area contributed by atoms with E-state index in [1.165, 1.54) is 38.0 Å². The van der Waals surface area contributed by atoms with Crippen molar-refractivity contribution in [3.63, 3.8) is 0 Å². The van der Waals surface area contributed by atoms with Crippen LogP contribution in [0.1, 0.15) is 31.0 Å². The van der Waals surface area contributed by atoms with E-state index in [0.717, 1.165) is 19.0 Å². The van der Waals surface area contributed by atoms with Crippen LogP contribution < -0.4 is 5.32 Å². The predicted molar refractivity (Wildman–Crippen MR) is 67.8 cm³/mol. The molecule has 2 atom stereocenters. The zero-order valence-electron chi connectivity index (χ0n) is 10.6. The van der Waals surface area contributed by atoms with Crippen LogP contribution in [0, 0.1) is 5.92 Å². The van der Waals surface area contributed by atoms with E-state index >= 15 is 0 Å². The van der Waals surface area contributed by atoms with Crippen molar-refractivity contribution in [1.82, 2.24) is 19.8 Å². The highest BCUT2D eigenvalue weighted by molar-refractivity contribution is 5.07. The Morgan fingerprint density at radius 2 is 2.41 bits per heavy atom. The first-order chi connectivity index (χ1) is 8.33. The summed E-state index contributed by atoms with van der Waals surface area (Å²) in [4.78, 5) is 6.76. The summed E-state index contributed by atoms with van der Waals surface area (Å²) >= 11 is 0. The molecule has 4 nitrogen and oxygen atoms in total.